The summed E-state index contributed by atoms with van der Waals surface area (Å²) in [6.07, 6.45) is 0.463. The van der Waals surface area contributed by atoms with Gasteiger partial charge in [-0.05, 0) is 25.5 Å². The van der Waals surface area contributed by atoms with Crippen LogP contribution in [-0.4, -0.2) is 15.5 Å². The Bertz CT molecular complexity index is 760. The fraction of sp³-hybridized carbons (Fsp3) is 0.267. The molecule has 0 saturated carbocycles. The first-order valence-corrected chi connectivity index (χ1v) is 6.62. The monoisotopic (exact) mass is 287 g/mol. The van der Waals surface area contributed by atoms with Crippen LogP contribution in [0, 0.1) is 6.92 Å². The SMILES string of the molecule is Cc1[nH]c(=O)n(C)c(=O)c1CCC(=O)Nc1ccccc1. The van der Waals surface area contributed by atoms with Crippen molar-refractivity contribution in [1.29, 1.82) is 0 Å². The van der Waals surface area contributed by atoms with E-state index in [1.165, 1.54) is 7.05 Å². The average Bonchev–Trinajstić information content (AvgIpc) is 2.46. The summed E-state index contributed by atoms with van der Waals surface area (Å²) in [5.41, 5.74) is 0.878. The van der Waals surface area contributed by atoms with Gasteiger partial charge in [0, 0.05) is 30.4 Å². The molecule has 0 radical (unpaired) electrons. The molecule has 0 aliphatic heterocycles. The number of aryl methyl sites for hydroxylation is 1. The van der Waals surface area contributed by atoms with Crippen LogP contribution in [0.3, 0.4) is 0 Å². The lowest BCUT2D eigenvalue weighted by atomic mass is 10.1. The molecule has 0 spiro atoms. The molecule has 1 amide bonds. The number of para-hydroxylation sites is 1. The van der Waals surface area contributed by atoms with Crippen LogP contribution in [-0.2, 0) is 18.3 Å². The van der Waals surface area contributed by atoms with Gasteiger partial charge in [0.2, 0.25) is 5.91 Å². The quantitative estimate of drug-likeness (QED) is 0.878. The minimum Gasteiger partial charge on any atom is -0.326 e. The summed E-state index contributed by atoms with van der Waals surface area (Å²) in [6.45, 7) is 1.66. The highest BCUT2D eigenvalue weighted by Crippen LogP contribution is 2.07. The molecule has 0 fully saturated rings. The summed E-state index contributed by atoms with van der Waals surface area (Å²) in [4.78, 5) is 37.9. The third kappa shape index (κ3) is 3.47. The minimum absolute atomic E-state index is 0.172. The molecule has 21 heavy (non-hydrogen) atoms. The number of carbonyl (C=O) groups excluding carboxylic acids is 1. The minimum atomic E-state index is -0.449. The highest BCUT2D eigenvalue weighted by molar-refractivity contribution is 5.90. The number of nitrogens with zero attached hydrogens (tertiary/aromatic N) is 1. The summed E-state index contributed by atoms with van der Waals surface area (Å²) < 4.78 is 1.01. The number of rotatable bonds is 4. The predicted octanol–water partition coefficient (Wildman–Crippen LogP) is 0.953. The second kappa shape index (κ2) is 6.21. The second-order valence-corrected chi connectivity index (χ2v) is 4.81. The molecule has 1 aromatic carbocycles. The van der Waals surface area contributed by atoms with Gasteiger partial charge >= 0.3 is 5.69 Å². The number of hydrogen-bond acceptors (Lipinski definition) is 3. The number of benzene rings is 1. The topological polar surface area (TPSA) is 84.0 Å². The molecule has 1 aromatic heterocycles. The van der Waals surface area contributed by atoms with Crippen molar-refractivity contribution < 1.29 is 4.79 Å². The van der Waals surface area contributed by atoms with E-state index in [-0.39, 0.29) is 24.3 Å². The van der Waals surface area contributed by atoms with E-state index in [0.29, 0.717) is 16.9 Å². The van der Waals surface area contributed by atoms with E-state index in [1.54, 1.807) is 19.1 Å². The molecular formula is C15H17N3O3. The number of anilines is 1. The van der Waals surface area contributed by atoms with Crippen LogP contribution < -0.4 is 16.6 Å². The Morgan fingerprint density at radius 3 is 2.57 bits per heavy atom. The number of aromatic nitrogens is 2. The molecule has 0 unspecified atom stereocenters. The van der Waals surface area contributed by atoms with Crippen molar-refractivity contribution in [3.63, 3.8) is 0 Å². The Kier molecular flexibility index (Phi) is 4.37. The summed E-state index contributed by atoms with van der Waals surface area (Å²) in [5, 5.41) is 2.76. The van der Waals surface area contributed by atoms with Crippen LogP contribution in [0.2, 0.25) is 0 Å². The average molecular weight is 287 g/mol. The van der Waals surface area contributed by atoms with E-state index in [2.05, 4.69) is 10.3 Å². The lowest BCUT2D eigenvalue weighted by Gasteiger charge is -2.07. The molecule has 6 heteroatoms. The first kappa shape index (κ1) is 14.8. The Morgan fingerprint density at radius 1 is 1.24 bits per heavy atom. The van der Waals surface area contributed by atoms with Gasteiger partial charge in [0.25, 0.3) is 5.56 Å². The van der Waals surface area contributed by atoms with Gasteiger partial charge in [-0.2, -0.15) is 0 Å². The van der Waals surface area contributed by atoms with E-state index < -0.39 is 5.69 Å². The van der Waals surface area contributed by atoms with Crippen LogP contribution in [0.25, 0.3) is 0 Å². The number of carbonyl (C=O) groups is 1. The van der Waals surface area contributed by atoms with Crippen molar-refractivity contribution in [3.8, 4) is 0 Å². The van der Waals surface area contributed by atoms with Gasteiger partial charge < -0.3 is 10.3 Å². The standard InChI is InChI=1S/C15H17N3O3/c1-10-12(14(20)18(2)15(21)16-10)8-9-13(19)17-11-6-4-3-5-7-11/h3-7H,8-9H2,1-2H3,(H,16,21)(H,17,19). The number of aromatic amines is 1. The molecular weight excluding hydrogens is 270 g/mol. The lowest BCUT2D eigenvalue weighted by molar-refractivity contribution is -0.116. The highest BCUT2D eigenvalue weighted by Gasteiger charge is 2.11. The summed E-state index contributed by atoms with van der Waals surface area (Å²) in [6, 6.07) is 9.11. The largest absolute Gasteiger partial charge is 0.328 e. The van der Waals surface area contributed by atoms with Crippen molar-refractivity contribution >= 4 is 11.6 Å². The van der Waals surface area contributed by atoms with Crippen LogP contribution in [0.4, 0.5) is 5.69 Å². The maximum Gasteiger partial charge on any atom is 0.328 e. The summed E-state index contributed by atoms with van der Waals surface area (Å²) >= 11 is 0. The molecule has 2 N–H and O–H groups in total. The molecule has 0 aliphatic rings. The van der Waals surface area contributed by atoms with E-state index in [9.17, 15) is 14.4 Å². The van der Waals surface area contributed by atoms with E-state index in [4.69, 9.17) is 0 Å². The normalized spacial score (nSPS) is 10.4. The van der Waals surface area contributed by atoms with Gasteiger partial charge in [-0.25, -0.2) is 4.79 Å². The van der Waals surface area contributed by atoms with Crippen LogP contribution in [0.1, 0.15) is 17.7 Å². The molecule has 6 nitrogen and oxygen atoms in total. The molecule has 1 heterocycles. The Hall–Kier alpha value is -2.63. The van der Waals surface area contributed by atoms with Crippen molar-refractivity contribution in [2.24, 2.45) is 7.05 Å². The first-order valence-electron chi connectivity index (χ1n) is 6.62. The lowest BCUT2D eigenvalue weighted by Crippen LogP contribution is -2.36. The zero-order chi connectivity index (χ0) is 15.4. The summed E-state index contributed by atoms with van der Waals surface area (Å²) in [7, 11) is 1.41. The van der Waals surface area contributed by atoms with Crippen LogP contribution in [0.15, 0.2) is 39.9 Å². The zero-order valence-electron chi connectivity index (χ0n) is 12.0. The first-order chi connectivity index (χ1) is 9.99. The molecule has 0 bridgehead atoms. The van der Waals surface area contributed by atoms with Gasteiger partial charge in [0.05, 0.1) is 0 Å². The Morgan fingerprint density at radius 2 is 1.90 bits per heavy atom. The van der Waals surface area contributed by atoms with E-state index in [1.807, 2.05) is 18.2 Å². The maximum absolute atomic E-state index is 12.0. The van der Waals surface area contributed by atoms with Gasteiger partial charge in [-0.15, -0.1) is 0 Å². The highest BCUT2D eigenvalue weighted by atomic mass is 16.2. The van der Waals surface area contributed by atoms with Crippen LogP contribution >= 0.6 is 0 Å². The molecule has 2 aromatic rings. The van der Waals surface area contributed by atoms with Crippen molar-refractivity contribution in [3.05, 3.63) is 62.4 Å². The second-order valence-electron chi connectivity index (χ2n) is 4.81. The third-order valence-electron chi connectivity index (χ3n) is 3.27. The number of amides is 1. The number of nitrogens with one attached hydrogen (secondary N) is 2. The Labute approximate surface area is 121 Å². The smallest absolute Gasteiger partial charge is 0.326 e. The third-order valence-corrected chi connectivity index (χ3v) is 3.27. The zero-order valence-corrected chi connectivity index (χ0v) is 12.0. The molecule has 2 rings (SSSR count). The van der Waals surface area contributed by atoms with Crippen molar-refractivity contribution in [2.45, 2.75) is 19.8 Å². The van der Waals surface area contributed by atoms with E-state index in [0.717, 1.165) is 4.57 Å². The van der Waals surface area contributed by atoms with Gasteiger partial charge in [0.1, 0.15) is 0 Å². The number of hydrogen-bond donors (Lipinski definition) is 2. The fourth-order valence-corrected chi connectivity index (χ4v) is 2.05. The van der Waals surface area contributed by atoms with Crippen LogP contribution in [0.5, 0.6) is 0 Å². The fourth-order valence-electron chi connectivity index (χ4n) is 2.05. The molecule has 110 valence electrons. The summed E-state index contributed by atoms with van der Waals surface area (Å²) in [5.74, 6) is -0.172. The number of H-pyrrole nitrogens is 1. The van der Waals surface area contributed by atoms with Gasteiger partial charge in [-0.3, -0.25) is 14.2 Å². The van der Waals surface area contributed by atoms with Crippen molar-refractivity contribution in [2.75, 3.05) is 5.32 Å². The van der Waals surface area contributed by atoms with Gasteiger partial charge in [0.15, 0.2) is 0 Å². The van der Waals surface area contributed by atoms with Crippen molar-refractivity contribution in [1.82, 2.24) is 9.55 Å². The van der Waals surface area contributed by atoms with E-state index >= 15 is 0 Å². The molecule has 0 atom stereocenters. The molecule has 0 saturated heterocycles. The van der Waals surface area contributed by atoms with Gasteiger partial charge in [-0.1, -0.05) is 18.2 Å². The maximum atomic E-state index is 12.0. The molecule has 0 aliphatic carbocycles. The Balaban J connectivity index is 2.07. The predicted molar refractivity (Wildman–Crippen MR) is 80.4 cm³/mol.